The Hall–Kier alpha value is -5.48. The molecule has 0 saturated carbocycles. The molecule has 0 bridgehead atoms. The summed E-state index contributed by atoms with van der Waals surface area (Å²) in [5.74, 6) is -0.244. The van der Waals surface area contributed by atoms with E-state index in [1.165, 1.54) is 11.1 Å². The molecule has 8 rings (SSSR count). The molecule has 2 aliphatic rings. The number of benzene rings is 6. The second kappa shape index (κ2) is 9.32. The van der Waals surface area contributed by atoms with Gasteiger partial charge in [-0.15, -0.1) is 0 Å². The topological polar surface area (TPSA) is 27.7 Å². The Morgan fingerprint density at radius 2 is 0.902 bits per heavy atom. The standard InChI is InChI=1S/C37H27N3O/c1-3-13-27(14-4-1)29-17-11-19-31(25-29)39-34-22-8-9-23-35(34)40(37(39)38-33-21-7-10-24-36(33)41-37)32-20-12-18-30(26-32)28-15-5-2-6-16-28/h1-26,38H. The first-order valence-corrected chi connectivity index (χ1v) is 13.9. The zero-order chi connectivity index (χ0) is 27.2. The van der Waals surface area contributed by atoms with Crippen LogP contribution in [-0.4, -0.2) is 5.97 Å². The Kier molecular flexibility index (Phi) is 5.32. The minimum Gasteiger partial charge on any atom is -0.430 e. The van der Waals surface area contributed by atoms with E-state index in [1.807, 2.05) is 30.3 Å². The summed E-state index contributed by atoms with van der Waals surface area (Å²) in [6.45, 7) is 0. The number of fused-ring (bicyclic) bond motifs is 2. The van der Waals surface area contributed by atoms with Crippen LogP contribution in [0.25, 0.3) is 22.3 Å². The van der Waals surface area contributed by atoms with Gasteiger partial charge in [-0.25, -0.2) is 0 Å². The molecule has 2 aliphatic heterocycles. The van der Waals surface area contributed by atoms with Crippen molar-refractivity contribution in [2.45, 2.75) is 5.97 Å². The molecule has 6 aromatic carbocycles. The molecule has 4 heteroatoms. The maximum atomic E-state index is 7.00. The van der Waals surface area contributed by atoms with Gasteiger partial charge < -0.3 is 10.1 Å². The molecule has 0 atom stereocenters. The van der Waals surface area contributed by atoms with E-state index in [0.29, 0.717) is 0 Å². The third-order valence-electron chi connectivity index (χ3n) is 7.83. The van der Waals surface area contributed by atoms with Crippen molar-refractivity contribution in [1.82, 2.24) is 0 Å². The molecular weight excluding hydrogens is 502 g/mol. The van der Waals surface area contributed by atoms with E-state index in [0.717, 1.165) is 45.3 Å². The second-order valence-electron chi connectivity index (χ2n) is 10.3. The van der Waals surface area contributed by atoms with Gasteiger partial charge >= 0.3 is 5.97 Å². The normalized spacial score (nSPS) is 14.3. The molecule has 0 aliphatic carbocycles. The fraction of sp³-hybridized carbons (Fsp3) is 0.0270. The van der Waals surface area contributed by atoms with E-state index in [9.17, 15) is 0 Å². The van der Waals surface area contributed by atoms with Gasteiger partial charge in [0, 0.05) is 11.4 Å². The third-order valence-corrected chi connectivity index (χ3v) is 7.83. The number of rotatable bonds is 4. The summed E-state index contributed by atoms with van der Waals surface area (Å²) in [7, 11) is 0. The van der Waals surface area contributed by atoms with Gasteiger partial charge in [-0.1, -0.05) is 109 Å². The lowest BCUT2D eigenvalue weighted by Crippen LogP contribution is -2.61. The molecule has 0 unspecified atom stereocenters. The smallest absolute Gasteiger partial charge is 0.361 e. The first-order valence-electron chi connectivity index (χ1n) is 13.9. The van der Waals surface area contributed by atoms with Crippen molar-refractivity contribution in [3.63, 3.8) is 0 Å². The van der Waals surface area contributed by atoms with Crippen LogP contribution in [0.3, 0.4) is 0 Å². The Morgan fingerprint density at radius 1 is 0.439 bits per heavy atom. The highest BCUT2D eigenvalue weighted by molar-refractivity contribution is 5.93. The van der Waals surface area contributed by atoms with Crippen LogP contribution in [0.1, 0.15) is 0 Å². The molecule has 0 aromatic heterocycles. The molecule has 2 heterocycles. The van der Waals surface area contributed by atoms with E-state index in [1.54, 1.807) is 0 Å². The van der Waals surface area contributed by atoms with E-state index >= 15 is 0 Å². The summed E-state index contributed by atoms with van der Waals surface area (Å²) in [5, 5.41) is 3.80. The van der Waals surface area contributed by atoms with E-state index in [4.69, 9.17) is 4.74 Å². The van der Waals surface area contributed by atoms with Crippen molar-refractivity contribution in [2.24, 2.45) is 0 Å². The van der Waals surface area contributed by atoms with E-state index < -0.39 is 5.97 Å². The average Bonchev–Trinajstić information content (AvgIpc) is 3.56. The fourth-order valence-corrected chi connectivity index (χ4v) is 6.02. The molecule has 196 valence electrons. The zero-order valence-electron chi connectivity index (χ0n) is 22.3. The summed E-state index contributed by atoms with van der Waals surface area (Å²) < 4.78 is 7.00. The first kappa shape index (κ1) is 23.4. The van der Waals surface area contributed by atoms with Crippen molar-refractivity contribution < 1.29 is 4.74 Å². The summed E-state index contributed by atoms with van der Waals surface area (Å²) in [6.07, 6.45) is 0. The van der Waals surface area contributed by atoms with Crippen LogP contribution in [0, 0.1) is 0 Å². The number of anilines is 5. The maximum absolute atomic E-state index is 7.00. The Bertz CT molecular complexity index is 1730. The second-order valence-corrected chi connectivity index (χ2v) is 10.3. The van der Waals surface area contributed by atoms with Gasteiger partial charge in [0.15, 0.2) is 0 Å². The number of para-hydroxylation sites is 4. The van der Waals surface area contributed by atoms with Crippen LogP contribution < -0.4 is 19.9 Å². The van der Waals surface area contributed by atoms with Crippen molar-refractivity contribution in [1.29, 1.82) is 0 Å². The lowest BCUT2D eigenvalue weighted by Gasteiger charge is -2.41. The molecule has 41 heavy (non-hydrogen) atoms. The lowest BCUT2D eigenvalue weighted by molar-refractivity contribution is 0.140. The number of nitrogens with one attached hydrogen (secondary N) is 1. The van der Waals surface area contributed by atoms with Crippen molar-refractivity contribution in [3.05, 3.63) is 158 Å². The number of ether oxygens (including phenoxy) is 1. The van der Waals surface area contributed by atoms with Gasteiger partial charge in [-0.2, -0.15) is 0 Å². The predicted molar refractivity (Wildman–Crippen MR) is 168 cm³/mol. The molecular formula is C37H27N3O. The van der Waals surface area contributed by atoms with Crippen LogP contribution in [0.4, 0.5) is 28.4 Å². The average molecular weight is 530 g/mol. The fourth-order valence-electron chi connectivity index (χ4n) is 6.02. The van der Waals surface area contributed by atoms with E-state index in [2.05, 4.69) is 143 Å². The van der Waals surface area contributed by atoms with Gasteiger partial charge in [-0.05, 0) is 70.8 Å². The summed E-state index contributed by atoms with van der Waals surface area (Å²) in [5.41, 5.74) is 9.77. The molecule has 1 N–H and O–H groups in total. The summed E-state index contributed by atoms with van der Waals surface area (Å²) >= 11 is 0. The molecule has 0 saturated heterocycles. The highest BCUT2D eigenvalue weighted by Crippen LogP contribution is 2.56. The Morgan fingerprint density at radius 3 is 1.44 bits per heavy atom. The maximum Gasteiger partial charge on any atom is 0.361 e. The number of nitrogens with zero attached hydrogens (tertiary/aromatic N) is 2. The largest absolute Gasteiger partial charge is 0.430 e. The van der Waals surface area contributed by atoms with E-state index in [-0.39, 0.29) is 0 Å². The van der Waals surface area contributed by atoms with Gasteiger partial charge in [0.1, 0.15) is 5.75 Å². The molecule has 0 amide bonds. The van der Waals surface area contributed by atoms with Crippen molar-refractivity contribution in [2.75, 3.05) is 15.1 Å². The third kappa shape index (κ3) is 3.76. The van der Waals surface area contributed by atoms with Crippen LogP contribution in [0.5, 0.6) is 5.75 Å². The highest BCUT2D eigenvalue weighted by Gasteiger charge is 2.57. The van der Waals surface area contributed by atoms with Crippen LogP contribution >= 0.6 is 0 Å². The molecule has 0 fully saturated rings. The first-order chi connectivity index (χ1) is 20.3. The van der Waals surface area contributed by atoms with Crippen LogP contribution in [0.15, 0.2) is 158 Å². The van der Waals surface area contributed by atoms with Gasteiger partial charge in [0.05, 0.1) is 17.1 Å². The van der Waals surface area contributed by atoms with Gasteiger partial charge in [0.25, 0.3) is 0 Å². The summed E-state index contributed by atoms with van der Waals surface area (Å²) in [6, 6.07) is 55.0. The number of hydrogen-bond donors (Lipinski definition) is 1. The Balaban J connectivity index is 1.34. The Labute approximate surface area is 239 Å². The highest BCUT2D eigenvalue weighted by atomic mass is 16.6. The predicted octanol–water partition coefficient (Wildman–Crippen LogP) is 9.43. The molecule has 1 spiro atoms. The zero-order valence-corrected chi connectivity index (χ0v) is 22.3. The molecule has 6 aromatic rings. The summed E-state index contributed by atoms with van der Waals surface area (Å²) in [4.78, 5) is 4.56. The number of hydrogen-bond acceptors (Lipinski definition) is 4. The minimum absolute atomic E-state index is 0.814. The van der Waals surface area contributed by atoms with Crippen molar-refractivity contribution >= 4 is 28.4 Å². The minimum atomic E-state index is -1.06. The SMILES string of the molecule is c1ccc(-c2cccc(N3c4ccccc4N(c4cccc(-c5ccccc5)c4)C34Nc3ccccc3O4)c2)cc1. The van der Waals surface area contributed by atoms with Gasteiger partial charge in [0.2, 0.25) is 0 Å². The molecule has 4 nitrogen and oxygen atoms in total. The quantitative estimate of drug-likeness (QED) is 0.246. The van der Waals surface area contributed by atoms with Crippen LogP contribution in [0.2, 0.25) is 0 Å². The monoisotopic (exact) mass is 529 g/mol. The molecule has 0 radical (unpaired) electrons. The lowest BCUT2D eigenvalue weighted by atomic mass is 10.0. The van der Waals surface area contributed by atoms with Crippen LogP contribution in [-0.2, 0) is 0 Å². The van der Waals surface area contributed by atoms with Gasteiger partial charge in [-0.3, -0.25) is 9.80 Å². The van der Waals surface area contributed by atoms with Crippen molar-refractivity contribution in [3.8, 4) is 28.0 Å².